The second-order valence-electron chi connectivity index (χ2n) is 3.86. The first-order valence-corrected chi connectivity index (χ1v) is 5.88. The Labute approximate surface area is 106 Å². The zero-order valence-electron chi connectivity index (χ0n) is 10.8. The minimum atomic E-state index is 0.523. The van der Waals surface area contributed by atoms with Gasteiger partial charge in [-0.3, -0.25) is 4.98 Å². The van der Waals surface area contributed by atoms with Gasteiger partial charge in [0.05, 0.1) is 5.69 Å². The molecule has 0 fully saturated rings. The first-order valence-electron chi connectivity index (χ1n) is 5.88. The summed E-state index contributed by atoms with van der Waals surface area (Å²) >= 11 is 0. The van der Waals surface area contributed by atoms with Crippen LogP contribution in [0.4, 0.5) is 5.82 Å². The van der Waals surface area contributed by atoms with Gasteiger partial charge in [0.2, 0.25) is 5.88 Å². The lowest BCUT2D eigenvalue weighted by atomic mass is 10.3. The molecule has 2 rings (SSSR count). The fourth-order valence-corrected chi connectivity index (χ4v) is 1.55. The molecule has 18 heavy (non-hydrogen) atoms. The normalized spacial score (nSPS) is 10.2. The van der Waals surface area contributed by atoms with Crippen LogP contribution in [-0.4, -0.2) is 21.5 Å². The summed E-state index contributed by atoms with van der Waals surface area (Å²) in [6.07, 6.45) is 1.73. The second-order valence-corrected chi connectivity index (χ2v) is 3.86. The third-order valence-corrected chi connectivity index (χ3v) is 2.35. The Hall–Kier alpha value is -2.17. The van der Waals surface area contributed by atoms with E-state index in [2.05, 4.69) is 20.3 Å². The third-order valence-electron chi connectivity index (χ3n) is 2.35. The van der Waals surface area contributed by atoms with Gasteiger partial charge in [0, 0.05) is 18.8 Å². The summed E-state index contributed by atoms with van der Waals surface area (Å²) in [6, 6.07) is 5.48. The molecule has 0 unspecified atom stereocenters. The van der Waals surface area contributed by atoms with Gasteiger partial charge >= 0.3 is 0 Å². The highest BCUT2D eigenvalue weighted by Crippen LogP contribution is 2.23. The minimum Gasteiger partial charge on any atom is -0.437 e. The smallest absolute Gasteiger partial charge is 0.224 e. The van der Waals surface area contributed by atoms with Gasteiger partial charge in [-0.2, -0.15) is 4.98 Å². The van der Waals surface area contributed by atoms with E-state index in [1.165, 1.54) is 0 Å². The van der Waals surface area contributed by atoms with Crippen LogP contribution >= 0.6 is 0 Å². The molecule has 2 heterocycles. The van der Waals surface area contributed by atoms with E-state index in [9.17, 15) is 0 Å². The molecule has 2 aromatic heterocycles. The van der Waals surface area contributed by atoms with Crippen LogP contribution in [0, 0.1) is 13.8 Å². The molecule has 0 aliphatic rings. The largest absolute Gasteiger partial charge is 0.437 e. The highest BCUT2D eigenvalue weighted by molar-refractivity contribution is 5.40. The van der Waals surface area contributed by atoms with E-state index >= 15 is 0 Å². The van der Waals surface area contributed by atoms with Gasteiger partial charge in [0.25, 0.3) is 0 Å². The summed E-state index contributed by atoms with van der Waals surface area (Å²) in [6.45, 7) is 6.56. The van der Waals surface area contributed by atoms with Crippen LogP contribution in [0.25, 0.3) is 0 Å². The molecule has 2 aromatic rings. The first-order chi connectivity index (χ1) is 8.69. The Morgan fingerprint density at radius 1 is 1.28 bits per heavy atom. The highest BCUT2D eigenvalue weighted by Gasteiger charge is 2.05. The maximum atomic E-state index is 5.72. The summed E-state index contributed by atoms with van der Waals surface area (Å²) < 4.78 is 5.72. The average Bonchev–Trinajstić information content (AvgIpc) is 2.32. The van der Waals surface area contributed by atoms with Crippen molar-refractivity contribution in [1.29, 1.82) is 0 Å². The first kappa shape index (κ1) is 12.3. The monoisotopic (exact) mass is 244 g/mol. The molecule has 94 valence electrons. The SMILES string of the molecule is CCNc1cc(Oc2cccnc2C)nc(C)n1. The van der Waals surface area contributed by atoms with E-state index in [1.54, 1.807) is 12.3 Å². The number of hydrogen-bond donors (Lipinski definition) is 1. The standard InChI is InChI=1S/C13H16N4O/c1-4-14-12-8-13(17-10(3)16-12)18-11-6-5-7-15-9(11)2/h5-8H,4H2,1-3H3,(H,14,16,17). The summed E-state index contributed by atoms with van der Waals surface area (Å²) in [7, 11) is 0. The van der Waals surface area contributed by atoms with Crippen LogP contribution in [0.15, 0.2) is 24.4 Å². The second kappa shape index (κ2) is 5.44. The van der Waals surface area contributed by atoms with Crippen LogP contribution in [0.3, 0.4) is 0 Å². The number of nitrogens with zero attached hydrogens (tertiary/aromatic N) is 3. The number of pyridine rings is 1. The number of rotatable bonds is 4. The van der Waals surface area contributed by atoms with E-state index in [4.69, 9.17) is 4.74 Å². The topological polar surface area (TPSA) is 59.9 Å². The number of ether oxygens (including phenoxy) is 1. The van der Waals surface area contributed by atoms with Gasteiger partial charge in [-0.05, 0) is 32.9 Å². The molecule has 0 saturated heterocycles. The number of hydrogen-bond acceptors (Lipinski definition) is 5. The molecular formula is C13H16N4O. The van der Waals surface area contributed by atoms with Crippen molar-refractivity contribution in [2.75, 3.05) is 11.9 Å². The lowest BCUT2D eigenvalue weighted by molar-refractivity contribution is 0.454. The zero-order valence-corrected chi connectivity index (χ0v) is 10.8. The van der Waals surface area contributed by atoms with Gasteiger partial charge in [0.15, 0.2) is 5.75 Å². The van der Waals surface area contributed by atoms with Crippen LogP contribution in [0.2, 0.25) is 0 Å². The molecule has 5 heteroatoms. The fraction of sp³-hybridized carbons (Fsp3) is 0.308. The fourth-order valence-electron chi connectivity index (χ4n) is 1.55. The molecule has 0 aliphatic heterocycles. The van der Waals surface area contributed by atoms with Gasteiger partial charge < -0.3 is 10.1 Å². The van der Waals surface area contributed by atoms with Gasteiger partial charge in [-0.1, -0.05) is 0 Å². The Bertz CT molecular complexity index is 542. The maximum Gasteiger partial charge on any atom is 0.224 e. The van der Waals surface area contributed by atoms with Crippen molar-refractivity contribution in [3.8, 4) is 11.6 Å². The van der Waals surface area contributed by atoms with E-state index in [-0.39, 0.29) is 0 Å². The van der Waals surface area contributed by atoms with Crippen molar-refractivity contribution in [3.63, 3.8) is 0 Å². The zero-order chi connectivity index (χ0) is 13.0. The van der Waals surface area contributed by atoms with Gasteiger partial charge in [-0.15, -0.1) is 0 Å². The summed E-state index contributed by atoms with van der Waals surface area (Å²) in [5, 5.41) is 3.14. The van der Waals surface area contributed by atoms with Crippen molar-refractivity contribution >= 4 is 5.82 Å². The third kappa shape index (κ3) is 2.94. The summed E-state index contributed by atoms with van der Waals surface area (Å²) in [4.78, 5) is 12.7. The molecule has 0 aliphatic carbocycles. The van der Waals surface area contributed by atoms with Crippen molar-refractivity contribution in [3.05, 3.63) is 35.9 Å². The Morgan fingerprint density at radius 3 is 2.83 bits per heavy atom. The lowest BCUT2D eigenvalue weighted by Gasteiger charge is -2.09. The molecule has 0 spiro atoms. The Balaban J connectivity index is 2.26. The van der Waals surface area contributed by atoms with Crippen molar-refractivity contribution in [1.82, 2.24) is 15.0 Å². The molecule has 0 atom stereocenters. The predicted octanol–water partition coefficient (Wildman–Crippen LogP) is 2.71. The molecule has 0 aromatic carbocycles. The molecular weight excluding hydrogens is 228 g/mol. The van der Waals surface area contributed by atoms with E-state index in [0.717, 1.165) is 18.1 Å². The van der Waals surface area contributed by atoms with E-state index in [0.29, 0.717) is 17.5 Å². The molecule has 1 N–H and O–H groups in total. The quantitative estimate of drug-likeness (QED) is 0.896. The van der Waals surface area contributed by atoms with Crippen molar-refractivity contribution < 1.29 is 4.74 Å². The van der Waals surface area contributed by atoms with Crippen LogP contribution < -0.4 is 10.1 Å². The van der Waals surface area contributed by atoms with E-state index < -0.39 is 0 Å². The number of aromatic nitrogens is 3. The summed E-state index contributed by atoms with van der Waals surface area (Å²) in [5.41, 5.74) is 0.832. The molecule has 0 radical (unpaired) electrons. The minimum absolute atomic E-state index is 0.523. The number of nitrogens with one attached hydrogen (secondary N) is 1. The Kier molecular flexibility index (Phi) is 3.72. The lowest BCUT2D eigenvalue weighted by Crippen LogP contribution is -2.03. The molecule has 5 nitrogen and oxygen atoms in total. The number of anilines is 1. The highest BCUT2D eigenvalue weighted by atomic mass is 16.5. The molecule has 0 bridgehead atoms. The molecule has 0 saturated carbocycles. The van der Waals surface area contributed by atoms with Gasteiger partial charge in [0.1, 0.15) is 11.6 Å². The van der Waals surface area contributed by atoms with Crippen LogP contribution in [-0.2, 0) is 0 Å². The Morgan fingerprint density at radius 2 is 2.11 bits per heavy atom. The van der Waals surface area contributed by atoms with E-state index in [1.807, 2.05) is 32.9 Å². The van der Waals surface area contributed by atoms with Crippen LogP contribution in [0.1, 0.15) is 18.4 Å². The maximum absolute atomic E-state index is 5.72. The van der Waals surface area contributed by atoms with Crippen molar-refractivity contribution in [2.45, 2.75) is 20.8 Å². The van der Waals surface area contributed by atoms with Crippen LogP contribution in [0.5, 0.6) is 11.6 Å². The van der Waals surface area contributed by atoms with Gasteiger partial charge in [-0.25, -0.2) is 4.98 Å². The predicted molar refractivity (Wildman–Crippen MR) is 70.0 cm³/mol. The number of aryl methyl sites for hydroxylation is 2. The average molecular weight is 244 g/mol. The summed E-state index contributed by atoms with van der Waals surface area (Å²) in [5.74, 6) is 2.67. The van der Waals surface area contributed by atoms with Crippen molar-refractivity contribution in [2.24, 2.45) is 0 Å². The molecule has 0 amide bonds.